The molecular formula is C12H15ClINO2. The van der Waals surface area contributed by atoms with Crippen LogP contribution in [0, 0.1) is 3.57 Å². The first-order valence-corrected chi connectivity index (χ1v) is 7.09. The lowest BCUT2D eigenvalue weighted by Crippen LogP contribution is -2.24. The van der Waals surface area contributed by atoms with Gasteiger partial charge in [-0.3, -0.25) is 4.79 Å². The number of unbranched alkanes of at least 4 members (excludes halogenated alkanes) is 2. The maximum atomic E-state index is 11.7. The van der Waals surface area contributed by atoms with Crippen LogP contribution in [0.25, 0.3) is 0 Å². The predicted octanol–water partition coefficient (Wildman–Crippen LogP) is 3.14. The van der Waals surface area contributed by atoms with Gasteiger partial charge in [0.25, 0.3) is 5.91 Å². The van der Waals surface area contributed by atoms with Crippen molar-refractivity contribution in [3.8, 4) is 5.75 Å². The molecule has 5 heteroatoms. The number of aromatic hydroxyl groups is 1. The minimum absolute atomic E-state index is 0.0173. The molecule has 0 saturated carbocycles. The molecule has 0 heterocycles. The third-order valence-corrected chi connectivity index (χ3v) is 3.24. The molecule has 0 spiro atoms. The van der Waals surface area contributed by atoms with Crippen LogP contribution in [-0.2, 0) is 0 Å². The van der Waals surface area contributed by atoms with Gasteiger partial charge in [0.05, 0.1) is 5.56 Å². The van der Waals surface area contributed by atoms with Crippen LogP contribution in [0.3, 0.4) is 0 Å². The highest BCUT2D eigenvalue weighted by Gasteiger charge is 2.10. The van der Waals surface area contributed by atoms with Crippen LogP contribution in [0.2, 0.25) is 0 Å². The fourth-order valence-corrected chi connectivity index (χ4v) is 2.06. The van der Waals surface area contributed by atoms with Gasteiger partial charge in [-0.1, -0.05) is 6.42 Å². The fourth-order valence-electron chi connectivity index (χ4n) is 1.38. The van der Waals surface area contributed by atoms with Gasteiger partial charge in [0, 0.05) is 16.0 Å². The smallest absolute Gasteiger partial charge is 0.255 e. The SMILES string of the molecule is O=C(NCCCCCCl)c1cc(I)ccc1O. The van der Waals surface area contributed by atoms with E-state index >= 15 is 0 Å². The van der Waals surface area contributed by atoms with Crippen molar-refractivity contribution < 1.29 is 9.90 Å². The second kappa shape index (κ2) is 7.76. The molecule has 1 aromatic rings. The van der Waals surface area contributed by atoms with Crippen molar-refractivity contribution in [1.29, 1.82) is 0 Å². The number of nitrogens with one attached hydrogen (secondary N) is 1. The minimum Gasteiger partial charge on any atom is -0.507 e. The molecule has 0 aliphatic rings. The number of phenols is 1. The van der Waals surface area contributed by atoms with Gasteiger partial charge < -0.3 is 10.4 Å². The van der Waals surface area contributed by atoms with Crippen molar-refractivity contribution in [1.82, 2.24) is 5.32 Å². The highest BCUT2D eigenvalue weighted by molar-refractivity contribution is 14.1. The van der Waals surface area contributed by atoms with Gasteiger partial charge in [-0.2, -0.15) is 0 Å². The molecule has 0 bridgehead atoms. The van der Waals surface area contributed by atoms with E-state index in [0.717, 1.165) is 22.8 Å². The lowest BCUT2D eigenvalue weighted by Gasteiger charge is -2.07. The number of benzene rings is 1. The number of amides is 1. The van der Waals surface area contributed by atoms with Gasteiger partial charge >= 0.3 is 0 Å². The van der Waals surface area contributed by atoms with Crippen LogP contribution in [0.15, 0.2) is 18.2 Å². The van der Waals surface area contributed by atoms with Crippen LogP contribution in [-0.4, -0.2) is 23.4 Å². The molecule has 0 aliphatic carbocycles. The summed E-state index contributed by atoms with van der Waals surface area (Å²) in [5.74, 6) is 0.446. The molecule has 17 heavy (non-hydrogen) atoms. The zero-order valence-electron chi connectivity index (χ0n) is 9.38. The van der Waals surface area contributed by atoms with E-state index in [1.807, 2.05) is 0 Å². The number of halogens is 2. The number of carbonyl (C=O) groups is 1. The van der Waals surface area contributed by atoms with Crippen molar-refractivity contribution in [3.63, 3.8) is 0 Å². The van der Waals surface area contributed by atoms with E-state index in [9.17, 15) is 9.90 Å². The zero-order valence-corrected chi connectivity index (χ0v) is 12.3. The van der Waals surface area contributed by atoms with Crippen LogP contribution in [0.5, 0.6) is 5.75 Å². The van der Waals surface area contributed by atoms with Crippen LogP contribution in [0.1, 0.15) is 29.6 Å². The van der Waals surface area contributed by atoms with E-state index in [4.69, 9.17) is 11.6 Å². The van der Waals surface area contributed by atoms with Gasteiger partial charge in [-0.05, 0) is 53.6 Å². The molecular weight excluding hydrogens is 352 g/mol. The van der Waals surface area contributed by atoms with Gasteiger partial charge in [-0.25, -0.2) is 0 Å². The van der Waals surface area contributed by atoms with E-state index < -0.39 is 0 Å². The average Bonchev–Trinajstić information content (AvgIpc) is 2.32. The Morgan fingerprint density at radius 2 is 2.12 bits per heavy atom. The minimum atomic E-state index is -0.230. The average molecular weight is 368 g/mol. The summed E-state index contributed by atoms with van der Waals surface area (Å²) in [5, 5.41) is 12.3. The third-order valence-electron chi connectivity index (χ3n) is 2.30. The van der Waals surface area contributed by atoms with E-state index in [2.05, 4.69) is 27.9 Å². The first kappa shape index (κ1) is 14.6. The van der Waals surface area contributed by atoms with E-state index in [-0.39, 0.29) is 11.7 Å². The predicted molar refractivity (Wildman–Crippen MR) is 77.7 cm³/mol. The monoisotopic (exact) mass is 367 g/mol. The van der Waals surface area contributed by atoms with E-state index in [1.54, 1.807) is 12.1 Å². The summed E-state index contributed by atoms with van der Waals surface area (Å²) < 4.78 is 0.924. The van der Waals surface area contributed by atoms with E-state index in [1.165, 1.54) is 6.07 Å². The summed E-state index contributed by atoms with van der Waals surface area (Å²) >= 11 is 7.66. The van der Waals surface area contributed by atoms with Crippen molar-refractivity contribution >= 4 is 40.1 Å². The lowest BCUT2D eigenvalue weighted by molar-refractivity contribution is 0.0950. The molecule has 0 atom stereocenters. The quantitative estimate of drug-likeness (QED) is 0.461. The maximum absolute atomic E-state index is 11.7. The molecule has 2 N–H and O–H groups in total. The topological polar surface area (TPSA) is 49.3 Å². The molecule has 0 saturated heterocycles. The summed E-state index contributed by atoms with van der Waals surface area (Å²) in [6.07, 6.45) is 2.87. The number of carbonyl (C=O) groups excluding carboxylic acids is 1. The highest BCUT2D eigenvalue weighted by Crippen LogP contribution is 2.19. The molecule has 1 rings (SSSR count). The van der Waals surface area contributed by atoms with Crippen molar-refractivity contribution in [2.24, 2.45) is 0 Å². The zero-order chi connectivity index (χ0) is 12.7. The second-order valence-corrected chi connectivity index (χ2v) is 5.29. The fraction of sp³-hybridized carbons (Fsp3) is 0.417. The first-order chi connectivity index (χ1) is 8.15. The molecule has 0 fully saturated rings. The molecule has 0 aromatic heterocycles. The Kier molecular flexibility index (Phi) is 6.65. The molecule has 0 aliphatic heterocycles. The van der Waals surface area contributed by atoms with Gasteiger partial charge in [0.15, 0.2) is 0 Å². The summed E-state index contributed by atoms with van der Waals surface area (Å²) in [5.41, 5.74) is 0.328. The second-order valence-electron chi connectivity index (χ2n) is 3.67. The molecule has 1 amide bonds. The van der Waals surface area contributed by atoms with Gasteiger partial charge in [0.2, 0.25) is 0 Å². The van der Waals surface area contributed by atoms with Crippen molar-refractivity contribution in [3.05, 3.63) is 27.3 Å². The Balaban J connectivity index is 2.44. The van der Waals surface area contributed by atoms with Crippen molar-refractivity contribution in [2.75, 3.05) is 12.4 Å². The molecule has 1 aromatic carbocycles. The van der Waals surface area contributed by atoms with E-state index in [0.29, 0.717) is 18.0 Å². The Morgan fingerprint density at radius 1 is 1.35 bits per heavy atom. The number of phenolic OH excluding ortho intramolecular Hbond substituents is 1. The van der Waals surface area contributed by atoms with Gasteiger partial charge in [0.1, 0.15) is 5.75 Å². The largest absolute Gasteiger partial charge is 0.507 e. The van der Waals surface area contributed by atoms with Gasteiger partial charge in [-0.15, -0.1) is 11.6 Å². The summed E-state index contributed by atoms with van der Waals surface area (Å²) in [4.78, 5) is 11.7. The number of rotatable bonds is 6. The third kappa shape index (κ3) is 5.12. The summed E-state index contributed by atoms with van der Waals surface area (Å²) in [6, 6.07) is 4.96. The first-order valence-electron chi connectivity index (χ1n) is 5.48. The summed E-state index contributed by atoms with van der Waals surface area (Å²) in [7, 11) is 0. The molecule has 0 unspecified atom stereocenters. The Morgan fingerprint density at radius 3 is 2.82 bits per heavy atom. The highest BCUT2D eigenvalue weighted by atomic mass is 127. The maximum Gasteiger partial charge on any atom is 0.255 e. The Labute approximate surface area is 120 Å². The number of hydrogen-bond acceptors (Lipinski definition) is 2. The lowest BCUT2D eigenvalue weighted by atomic mass is 10.2. The number of hydrogen-bond donors (Lipinski definition) is 2. The van der Waals surface area contributed by atoms with Crippen LogP contribution in [0.4, 0.5) is 0 Å². The molecule has 3 nitrogen and oxygen atoms in total. The standard InChI is InChI=1S/C12H15ClINO2/c13-6-2-1-3-7-15-12(17)10-8-9(14)4-5-11(10)16/h4-5,8,16H,1-3,6-7H2,(H,15,17). The Hall–Kier alpha value is -0.490. The van der Waals surface area contributed by atoms with Crippen molar-refractivity contribution in [2.45, 2.75) is 19.3 Å². The van der Waals surface area contributed by atoms with Crippen LogP contribution >= 0.6 is 34.2 Å². The molecule has 0 radical (unpaired) electrons. The Bertz CT molecular complexity index is 385. The van der Waals surface area contributed by atoms with Crippen LogP contribution < -0.4 is 5.32 Å². The molecule has 94 valence electrons. The number of alkyl halides is 1. The normalized spacial score (nSPS) is 10.2. The summed E-state index contributed by atoms with van der Waals surface area (Å²) in [6.45, 7) is 0.612.